The van der Waals surface area contributed by atoms with Gasteiger partial charge in [0.15, 0.2) is 0 Å². The lowest BCUT2D eigenvalue weighted by molar-refractivity contribution is -0.119. The largest absolute Gasteiger partial charge is 0.524 e. The van der Waals surface area contributed by atoms with Crippen molar-refractivity contribution in [1.29, 1.82) is 0 Å². The molecule has 0 aliphatic heterocycles. The van der Waals surface area contributed by atoms with Crippen molar-refractivity contribution in [3.05, 3.63) is 29.8 Å². The van der Waals surface area contributed by atoms with Gasteiger partial charge in [-0.25, -0.2) is 4.57 Å². The summed E-state index contributed by atoms with van der Waals surface area (Å²) < 4.78 is 14.9. The van der Waals surface area contributed by atoms with Crippen LogP contribution in [0.25, 0.3) is 0 Å². The predicted molar refractivity (Wildman–Crippen MR) is 60.0 cm³/mol. The smallest absolute Gasteiger partial charge is 0.404 e. The molecule has 0 bridgehead atoms. The maximum atomic E-state index is 10.7. The van der Waals surface area contributed by atoms with E-state index < -0.39 is 19.8 Å². The van der Waals surface area contributed by atoms with Crippen molar-refractivity contribution in [2.24, 2.45) is 11.5 Å². The number of primary amides is 1. The fourth-order valence-electron chi connectivity index (χ4n) is 1.18. The van der Waals surface area contributed by atoms with Crippen LogP contribution in [0.2, 0.25) is 0 Å². The molecule has 94 valence electrons. The minimum atomic E-state index is -4.54. The predicted octanol–water partition coefficient (Wildman–Crippen LogP) is -0.487. The monoisotopic (exact) mass is 260 g/mol. The van der Waals surface area contributed by atoms with Crippen LogP contribution in [0, 0.1) is 0 Å². The number of phosphoric acid groups is 1. The second kappa shape index (κ2) is 5.29. The molecule has 0 aliphatic carbocycles. The van der Waals surface area contributed by atoms with Crippen LogP contribution in [0.15, 0.2) is 24.3 Å². The van der Waals surface area contributed by atoms with Gasteiger partial charge in [-0.1, -0.05) is 12.1 Å². The number of rotatable bonds is 5. The number of hydrogen-bond donors (Lipinski definition) is 4. The topological polar surface area (TPSA) is 136 Å². The molecule has 0 spiro atoms. The molecule has 0 radical (unpaired) electrons. The zero-order valence-corrected chi connectivity index (χ0v) is 9.71. The van der Waals surface area contributed by atoms with Crippen LogP contribution in [0.1, 0.15) is 5.56 Å². The van der Waals surface area contributed by atoms with E-state index in [-0.39, 0.29) is 12.2 Å². The first-order chi connectivity index (χ1) is 7.78. The number of carbonyl (C=O) groups excluding carboxylic acids is 1. The molecular weight excluding hydrogens is 247 g/mol. The molecule has 1 aromatic carbocycles. The molecule has 0 fully saturated rings. The van der Waals surface area contributed by atoms with Gasteiger partial charge < -0.3 is 16.0 Å². The first-order valence-electron chi connectivity index (χ1n) is 4.67. The summed E-state index contributed by atoms with van der Waals surface area (Å²) in [5.74, 6) is -0.574. The van der Waals surface area contributed by atoms with Crippen molar-refractivity contribution in [1.82, 2.24) is 0 Å². The first kappa shape index (κ1) is 13.7. The quantitative estimate of drug-likeness (QED) is 0.527. The number of carbonyl (C=O) groups is 1. The van der Waals surface area contributed by atoms with E-state index in [9.17, 15) is 9.36 Å². The van der Waals surface area contributed by atoms with Gasteiger partial charge in [0.05, 0.1) is 6.04 Å². The molecule has 1 unspecified atom stereocenters. The number of phosphoric ester groups is 1. The second-order valence-electron chi connectivity index (χ2n) is 3.44. The molecule has 0 aromatic heterocycles. The number of nitrogens with two attached hydrogens (primary N) is 2. The highest BCUT2D eigenvalue weighted by atomic mass is 31.2. The molecular formula is C9H13N2O5P. The summed E-state index contributed by atoms with van der Waals surface area (Å²) in [6.45, 7) is 0. The van der Waals surface area contributed by atoms with Crippen LogP contribution < -0.4 is 16.0 Å². The Morgan fingerprint density at radius 3 is 2.29 bits per heavy atom. The van der Waals surface area contributed by atoms with Crippen LogP contribution in [0.3, 0.4) is 0 Å². The molecule has 1 atom stereocenters. The highest BCUT2D eigenvalue weighted by molar-refractivity contribution is 7.46. The van der Waals surface area contributed by atoms with Crippen molar-refractivity contribution in [2.75, 3.05) is 0 Å². The molecule has 6 N–H and O–H groups in total. The Labute approximate surface area is 97.6 Å². The van der Waals surface area contributed by atoms with Crippen molar-refractivity contribution in [2.45, 2.75) is 12.5 Å². The van der Waals surface area contributed by atoms with Crippen LogP contribution in [0.4, 0.5) is 0 Å². The van der Waals surface area contributed by atoms with Crippen molar-refractivity contribution in [3.8, 4) is 5.75 Å². The molecule has 1 rings (SSSR count). The summed E-state index contributed by atoms with van der Waals surface area (Å²) in [5, 5.41) is 0. The highest BCUT2D eigenvalue weighted by Gasteiger charge is 2.16. The molecule has 0 saturated heterocycles. The molecule has 8 heteroatoms. The van der Waals surface area contributed by atoms with E-state index in [1.807, 2.05) is 0 Å². The Balaban J connectivity index is 2.68. The van der Waals surface area contributed by atoms with Gasteiger partial charge in [0.1, 0.15) is 5.75 Å². The number of amides is 1. The van der Waals surface area contributed by atoms with Gasteiger partial charge in [-0.05, 0) is 24.1 Å². The van der Waals surface area contributed by atoms with Gasteiger partial charge in [0, 0.05) is 0 Å². The molecule has 7 nitrogen and oxygen atoms in total. The van der Waals surface area contributed by atoms with Crippen molar-refractivity contribution in [3.63, 3.8) is 0 Å². The SMILES string of the molecule is NC(=O)C(N)Cc1ccc(OP(=O)(O)O)cc1. The summed E-state index contributed by atoms with van der Waals surface area (Å²) in [4.78, 5) is 27.9. The Morgan fingerprint density at radius 2 is 1.88 bits per heavy atom. The minimum Gasteiger partial charge on any atom is -0.404 e. The average molecular weight is 260 g/mol. The van der Waals surface area contributed by atoms with Gasteiger partial charge >= 0.3 is 7.82 Å². The normalized spacial score (nSPS) is 13.1. The standard InChI is InChI=1S/C9H13N2O5P/c10-8(9(11)12)5-6-1-3-7(4-2-6)16-17(13,14)15/h1-4,8H,5,10H2,(H2,11,12)(H2,13,14,15). The van der Waals surface area contributed by atoms with Crippen molar-refractivity contribution >= 4 is 13.7 Å². The number of benzene rings is 1. The molecule has 0 heterocycles. The maximum Gasteiger partial charge on any atom is 0.524 e. The molecule has 17 heavy (non-hydrogen) atoms. The van der Waals surface area contributed by atoms with Crippen LogP contribution in [-0.2, 0) is 15.8 Å². The van der Waals surface area contributed by atoms with E-state index >= 15 is 0 Å². The highest BCUT2D eigenvalue weighted by Crippen LogP contribution is 2.37. The van der Waals surface area contributed by atoms with Crippen LogP contribution in [-0.4, -0.2) is 21.7 Å². The molecule has 0 aliphatic rings. The summed E-state index contributed by atoms with van der Waals surface area (Å²) in [5.41, 5.74) is 11.2. The molecule has 1 amide bonds. The van der Waals surface area contributed by atoms with Gasteiger partial charge in [0.25, 0.3) is 0 Å². The lowest BCUT2D eigenvalue weighted by atomic mass is 10.1. The third-order valence-corrected chi connectivity index (χ3v) is 2.42. The van der Waals surface area contributed by atoms with E-state index in [0.717, 1.165) is 5.56 Å². The molecule has 1 aromatic rings. The third-order valence-electron chi connectivity index (χ3n) is 1.97. The Hall–Kier alpha value is -1.40. The summed E-state index contributed by atoms with van der Waals surface area (Å²) in [6, 6.07) is 5.06. The minimum absolute atomic E-state index is 0.0368. The number of hydrogen-bond acceptors (Lipinski definition) is 4. The van der Waals surface area contributed by atoms with E-state index in [2.05, 4.69) is 4.52 Å². The van der Waals surface area contributed by atoms with Crippen molar-refractivity contribution < 1.29 is 23.7 Å². The van der Waals surface area contributed by atoms with Gasteiger partial charge in [-0.3, -0.25) is 14.6 Å². The Bertz CT molecular complexity index is 441. The van der Waals surface area contributed by atoms with Gasteiger partial charge in [0.2, 0.25) is 5.91 Å². The van der Waals surface area contributed by atoms with Crippen LogP contribution >= 0.6 is 7.82 Å². The Morgan fingerprint density at radius 1 is 1.35 bits per heavy atom. The fraction of sp³-hybridized carbons (Fsp3) is 0.222. The van der Waals surface area contributed by atoms with E-state index in [1.165, 1.54) is 12.1 Å². The van der Waals surface area contributed by atoms with E-state index in [1.54, 1.807) is 12.1 Å². The lowest BCUT2D eigenvalue weighted by Gasteiger charge is -2.09. The van der Waals surface area contributed by atoms with Crippen LogP contribution in [0.5, 0.6) is 5.75 Å². The van der Waals surface area contributed by atoms with E-state index in [0.29, 0.717) is 0 Å². The lowest BCUT2D eigenvalue weighted by Crippen LogP contribution is -2.38. The zero-order valence-electron chi connectivity index (χ0n) is 8.81. The maximum absolute atomic E-state index is 10.7. The summed E-state index contributed by atoms with van der Waals surface area (Å²) in [6.07, 6.45) is 0.255. The van der Waals surface area contributed by atoms with Gasteiger partial charge in [-0.15, -0.1) is 0 Å². The molecule has 0 saturated carbocycles. The van der Waals surface area contributed by atoms with E-state index in [4.69, 9.17) is 21.3 Å². The Kier molecular flexibility index (Phi) is 4.25. The summed E-state index contributed by atoms with van der Waals surface area (Å²) in [7, 11) is -4.54. The zero-order chi connectivity index (χ0) is 13.1. The fourth-order valence-corrected chi connectivity index (χ4v) is 1.57. The van der Waals surface area contributed by atoms with Gasteiger partial charge in [-0.2, -0.15) is 0 Å². The third kappa shape index (κ3) is 4.97. The second-order valence-corrected chi connectivity index (χ2v) is 4.60. The first-order valence-corrected chi connectivity index (χ1v) is 6.20. The average Bonchev–Trinajstić information content (AvgIpc) is 2.18. The summed E-state index contributed by atoms with van der Waals surface area (Å²) >= 11 is 0.